The van der Waals surface area contributed by atoms with Crippen LogP contribution in [-0.2, 0) is 9.53 Å². The first-order valence-electron chi connectivity index (χ1n) is 5.01. The van der Waals surface area contributed by atoms with Gasteiger partial charge in [0.15, 0.2) is 0 Å². The Morgan fingerprint density at radius 3 is 2.73 bits per heavy atom. The summed E-state index contributed by atoms with van der Waals surface area (Å²) in [7, 11) is 0. The summed E-state index contributed by atoms with van der Waals surface area (Å²) in [6, 6.07) is 0. The van der Waals surface area contributed by atoms with Crippen molar-refractivity contribution in [3.63, 3.8) is 0 Å². The molecule has 0 fully saturated rings. The number of nitrogens with one attached hydrogen (secondary N) is 1. The van der Waals surface area contributed by atoms with E-state index in [1.807, 2.05) is 20.8 Å². The molecule has 3 nitrogen and oxygen atoms in total. The summed E-state index contributed by atoms with van der Waals surface area (Å²) in [5.41, 5.74) is -0.102. The lowest BCUT2D eigenvalue weighted by Crippen LogP contribution is -2.25. The lowest BCUT2D eigenvalue weighted by molar-refractivity contribution is -0.145. The van der Waals surface area contributed by atoms with E-state index in [1.165, 1.54) is 0 Å². The molecule has 0 aromatic carbocycles. The van der Waals surface area contributed by atoms with E-state index in [0.717, 1.165) is 0 Å². The monoisotopic (exact) mass is 162 g/mol. The summed E-state index contributed by atoms with van der Waals surface area (Å²) in [5, 5.41) is 2.08. The number of hydrogen-bond donors (Lipinski definition) is 1. The first-order chi connectivity index (χ1) is 6.10. The molecule has 0 aliphatic carbocycles. The van der Waals surface area contributed by atoms with Crippen LogP contribution in [0.2, 0.25) is 0 Å². The Labute approximate surface area is 72.3 Å². The molecule has 0 saturated heterocycles. The Morgan fingerprint density at radius 1 is 1.64 bits per heavy atom. The van der Waals surface area contributed by atoms with Crippen LogP contribution in [0, 0.1) is 5.41 Å². The van der Waals surface area contributed by atoms with Crippen molar-refractivity contribution in [1.82, 2.24) is 5.32 Å². The Morgan fingerprint density at radius 2 is 2.27 bits per heavy atom. The van der Waals surface area contributed by atoms with Crippen LogP contribution in [0.3, 0.4) is 0 Å². The van der Waals surface area contributed by atoms with Crippen LogP contribution in [-0.4, -0.2) is 26.1 Å². The van der Waals surface area contributed by atoms with Crippen LogP contribution in [0.5, 0.6) is 0 Å². The molecular formula is C8H17NO2. The lowest BCUT2D eigenvalue weighted by atomic mass is 9.99. The third-order valence-corrected chi connectivity index (χ3v) is 0.899. The van der Waals surface area contributed by atoms with E-state index in [0.29, 0.717) is 0 Å². The highest BCUT2D eigenvalue weighted by atomic mass is 16.5. The van der Waals surface area contributed by atoms with Crippen LogP contribution in [0.1, 0.15) is 24.9 Å². The van der Waals surface area contributed by atoms with E-state index < -0.39 is 12.9 Å². The summed E-state index contributed by atoms with van der Waals surface area (Å²) < 4.78 is 25.2. The van der Waals surface area contributed by atoms with Crippen LogP contribution in [0.15, 0.2) is 0 Å². The number of hydrogen-bond acceptors (Lipinski definition) is 3. The Hall–Kier alpha value is -0.570. The Bertz CT molecular complexity index is 176. The smallest absolute Gasteiger partial charge is 0.319 e. The molecule has 0 bridgehead atoms. The van der Waals surface area contributed by atoms with Gasteiger partial charge in [0.1, 0.15) is 0 Å². The normalized spacial score (nSPS) is 16.5. The first kappa shape index (κ1) is 6.00. The van der Waals surface area contributed by atoms with Crippen molar-refractivity contribution in [2.24, 2.45) is 5.41 Å². The quantitative estimate of drug-likeness (QED) is 0.624. The topological polar surface area (TPSA) is 38.3 Å². The van der Waals surface area contributed by atoms with Gasteiger partial charge in [0.05, 0.1) is 13.2 Å². The van der Waals surface area contributed by atoms with Crippen LogP contribution in [0.25, 0.3) is 0 Å². The van der Waals surface area contributed by atoms with Crippen molar-refractivity contribution < 1.29 is 13.6 Å². The fourth-order valence-corrected chi connectivity index (χ4v) is 0.420. The molecule has 0 amide bonds. The molecule has 0 atom stereocenters. The zero-order valence-corrected chi connectivity index (χ0v) is 7.23. The maximum absolute atomic E-state index is 11.0. The molecule has 0 spiro atoms. The summed E-state index contributed by atoms with van der Waals surface area (Å²) >= 11 is 0. The summed E-state index contributed by atoms with van der Waals surface area (Å²) in [6.45, 7) is 3.49. The highest BCUT2D eigenvalue weighted by Gasteiger charge is 2.12. The van der Waals surface area contributed by atoms with Crippen molar-refractivity contribution in [3.05, 3.63) is 0 Å². The molecule has 0 heterocycles. The summed E-state index contributed by atoms with van der Waals surface area (Å²) in [6.07, 6.45) is 0. The van der Waals surface area contributed by atoms with Gasteiger partial charge in [-0.15, -0.1) is 0 Å². The molecule has 0 aromatic rings. The predicted molar refractivity (Wildman–Crippen MR) is 44.3 cm³/mol. The van der Waals surface area contributed by atoms with Crippen molar-refractivity contribution in [1.29, 1.82) is 0 Å². The molecule has 0 saturated carbocycles. The van der Waals surface area contributed by atoms with Crippen molar-refractivity contribution in [3.8, 4) is 0 Å². The highest BCUT2D eigenvalue weighted by Crippen LogP contribution is 2.12. The third-order valence-electron chi connectivity index (χ3n) is 0.899. The standard InChI is InChI=1S/C8H17NO2/c1-8(2,3)6-11-7(10)5-9-4/h9H,5-6H2,1-4H3/i4D3. The minimum atomic E-state index is -2.29. The maximum Gasteiger partial charge on any atom is 0.319 e. The molecule has 66 valence electrons. The summed E-state index contributed by atoms with van der Waals surface area (Å²) in [4.78, 5) is 11.0. The SMILES string of the molecule is [2H]C([2H])([2H])NCC(=O)OCC(C)(C)C. The molecule has 11 heavy (non-hydrogen) atoms. The predicted octanol–water partition coefficient (Wildman–Crippen LogP) is 0.795. The number of carbonyl (C=O) groups is 1. The second kappa shape index (κ2) is 4.34. The van der Waals surface area contributed by atoms with Crippen molar-refractivity contribution >= 4 is 5.97 Å². The van der Waals surface area contributed by atoms with Crippen LogP contribution in [0.4, 0.5) is 0 Å². The van der Waals surface area contributed by atoms with Gasteiger partial charge in [-0.2, -0.15) is 0 Å². The van der Waals surface area contributed by atoms with Crippen LogP contribution >= 0.6 is 0 Å². The van der Waals surface area contributed by atoms with E-state index in [9.17, 15) is 4.79 Å². The first-order valence-corrected chi connectivity index (χ1v) is 3.51. The Kier molecular flexibility index (Phi) is 2.37. The van der Waals surface area contributed by atoms with Gasteiger partial charge in [0.25, 0.3) is 0 Å². The average Bonchev–Trinajstić information content (AvgIpc) is 1.94. The van der Waals surface area contributed by atoms with Gasteiger partial charge in [-0.1, -0.05) is 20.8 Å². The van der Waals surface area contributed by atoms with E-state index in [1.54, 1.807) is 0 Å². The largest absolute Gasteiger partial charge is 0.464 e. The number of rotatable bonds is 3. The maximum atomic E-state index is 11.0. The Balaban J connectivity index is 3.68. The van der Waals surface area contributed by atoms with Crippen molar-refractivity contribution in [2.45, 2.75) is 20.8 Å². The van der Waals surface area contributed by atoms with Gasteiger partial charge >= 0.3 is 5.97 Å². The number of esters is 1. The lowest BCUT2D eigenvalue weighted by Gasteiger charge is -2.17. The van der Waals surface area contributed by atoms with Crippen LogP contribution < -0.4 is 5.32 Å². The molecule has 0 rings (SSSR count). The number of ether oxygens (including phenoxy) is 1. The third kappa shape index (κ3) is 7.33. The molecule has 0 unspecified atom stereocenters. The highest BCUT2D eigenvalue weighted by molar-refractivity contribution is 5.71. The fraction of sp³-hybridized carbons (Fsp3) is 0.875. The van der Waals surface area contributed by atoms with Gasteiger partial charge in [0, 0.05) is 4.11 Å². The van der Waals surface area contributed by atoms with Gasteiger partial charge < -0.3 is 10.1 Å². The molecule has 0 aliphatic heterocycles. The zero-order chi connectivity index (χ0) is 11.4. The minimum Gasteiger partial charge on any atom is -0.464 e. The number of likely N-dealkylation sites (N-methyl/N-ethyl adjacent to an activating group) is 1. The van der Waals surface area contributed by atoms with Gasteiger partial charge in [0.2, 0.25) is 0 Å². The van der Waals surface area contributed by atoms with Gasteiger partial charge in [-0.25, -0.2) is 0 Å². The van der Waals surface area contributed by atoms with E-state index in [-0.39, 0.29) is 18.6 Å². The molecule has 0 aromatic heterocycles. The minimum absolute atomic E-state index is 0.102. The van der Waals surface area contributed by atoms with E-state index >= 15 is 0 Å². The molecule has 0 radical (unpaired) electrons. The summed E-state index contributed by atoms with van der Waals surface area (Å²) in [5.74, 6) is -0.545. The zero-order valence-electron chi connectivity index (χ0n) is 10.2. The average molecular weight is 162 g/mol. The molecular weight excluding hydrogens is 142 g/mol. The van der Waals surface area contributed by atoms with Gasteiger partial charge in [-0.05, 0) is 12.4 Å². The van der Waals surface area contributed by atoms with E-state index in [4.69, 9.17) is 8.85 Å². The molecule has 0 aliphatic rings. The fourth-order valence-electron chi connectivity index (χ4n) is 0.420. The molecule has 1 N–H and O–H groups in total. The second-order valence-electron chi connectivity index (χ2n) is 3.57. The number of carbonyl (C=O) groups excluding carboxylic acids is 1. The second-order valence-corrected chi connectivity index (χ2v) is 3.57. The van der Waals surface area contributed by atoms with Gasteiger partial charge in [-0.3, -0.25) is 4.79 Å². The van der Waals surface area contributed by atoms with E-state index in [2.05, 4.69) is 5.32 Å². The van der Waals surface area contributed by atoms with Crippen molar-refractivity contribution in [2.75, 3.05) is 20.1 Å². The molecule has 3 heteroatoms.